The fourth-order valence-corrected chi connectivity index (χ4v) is 6.31. The molecule has 260 valence electrons. The van der Waals surface area contributed by atoms with E-state index in [0.29, 0.717) is 43.0 Å². The molecule has 48 heavy (non-hydrogen) atoms. The third-order valence-electron chi connectivity index (χ3n) is 8.57. The second-order valence-electron chi connectivity index (χ2n) is 13.1. The molecule has 1 aliphatic heterocycles. The maximum absolute atomic E-state index is 14.0. The smallest absolute Gasteiger partial charge is 0.342 e. The number of nitrogens with zero attached hydrogens (tertiary/aromatic N) is 4. The van der Waals surface area contributed by atoms with Gasteiger partial charge in [0.2, 0.25) is 0 Å². The summed E-state index contributed by atoms with van der Waals surface area (Å²) in [5.41, 5.74) is 3.03. The fourth-order valence-electron chi connectivity index (χ4n) is 5.98. The van der Waals surface area contributed by atoms with E-state index in [2.05, 4.69) is 46.8 Å². The Bertz CT molecular complexity index is 1620. The summed E-state index contributed by atoms with van der Waals surface area (Å²) in [6.45, 7) is 17.2. The molecule has 1 fully saturated rings. The van der Waals surface area contributed by atoms with Crippen molar-refractivity contribution in [2.24, 2.45) is 9.98 Å². The van der Waals surface area contributed by atoms with Crippen LogP contribution in [0.3, 0.4) is 0 Å². The molecule has 1 heterocycles. The summed E-state index contributed by atoms with van der Waals surface area (Å²) in [4.78, 5) is 13.6. The number of aliphatic imine (C=N–C) groups is 2. The molecule has 0 spiro atoms. The Kier molecular flexibility index (Phi) is 11.3. The average Bonchev–Trinajstić information content (AvgIpc) is 3.00. The maximum Gasteiger partial charge on any atom is 0.416 e. The summed E-state index contributed by atoms with van der Waals surface area (Å²) >= 11 is 6.64. The summed E-state index contributed by atoms with van der Waals surface area (Å²) in [6, 6.07) is 9.46. The zero-order valence-corrected chi connectivity index (χ0v) is 29.4. The van der Waals surface area contributed by atoms with Gasteiger partial charge in [-0.3, -0.25) is 0 Å². The van der Waals surface area contributed by atoms with Crippen molar-refractivity contribution in [2.75, 3.05) is 19.8 Å². The third kappa shape index (κ3) is 8.54. The van der Waals surface area contributed by atoms with Crippen molar-refractivity contribution in [1.29, 1.82) is 0 Å². The molecule has 0 aliphatic carbocycles. The second kappa shape index (κ2) is 14.5. The van der Waals surface area contributed by atoms with Crippen molar-refractivity contribution in [1.82, 2.24) is 9.80 Å². The molecule has 0 N–H and O–H groups in total. The first kappa shape index (κ1) is 37.3. The standard InChI is InChI=1S/C37H43ClF6N4/c1-9-26-15-24(7)33(32(38)16-26)46-35(27-17-28(36(39,40)41)19-29(18-27)37(42,43)44)48-12-10-11-47(20-48)25(8)45-34-30(21(2)3)13-23(6)14-31(34)22(4)5/h13-19,21-22H,9-12,20H2,1-8H3. The Morgan fingerprint density at radius 1 is 0.771 bits per heavy atom. The van der Waals surface area contributed by atoms with E-state index in [0.717, 1.165) is 40.1 Å². The van der Waals surface area contributed by atoms with Crippen LogP contribution in [0.1, 0.15) is 104 Å². The number of amidine groups is 2. The van der Waals surface area contributed by atoms with Crippen LogP contribution in [0.2, 0.25) is 5.02 Å². The summed E-state index contributed by atoms with van der Waals surface area (Å²) < 4.78 is 84.0. The Balaban J connectivity index is 1.89. The predicted molar refractivity (Wildman–Crippen MR) is 183 cm³/mol. The normalized spacial score (nSPS) is 15.3. The van der Waals surface area contributed by atoms with Crippen molar-refractivity contribution in [3.63, 3.8) is 0 Å². The van der Waals surface area contributed by atoms with Crippen molar-refractivity contribution in [2.45, 2.75) is 92.4 Å². The van der Waals surface area contributed by atoms with Crippen molar-refractivity contribution in [3.05, 3.63) is 92.0 Å². The second-order valence-corrected chi connectivity index (χ2v) is 13.5. The molecule has 3 aromatic rings. The number of alkyl halides is 6. The van der Waals surface area contributed by atoms with Crippen LogP contribution in [0.25, 0.3) is 0 Å². The molecule has 0 saturated carbocycles. The van der Waals surface area contributed by atoms with Gasteiger partial charge in [0.25, 0.3) is 0 Å². The first-order valence-electron chi connectivity index (χ1n) is 16.2. The Morgan fingerprint density at radius 3 is 1.79 bits per heavy atom. The van der Waals surface area contributed by atoms with E-state index in [1.165, 1.54) is 0 Å². The first-order chi connectivity index (χ1) is 22.3. The van der Waals surface area contributed by atoms with E-state index in [-0.39, 0.29) is 41.0 Å². The molecular weight excluding hydrogens is 650 g/mol. The largest absolute Gasteiger partial charge is 0.416 e. The van der Waals surface area contributed by atoms with Gasteiger partial charge in [0.05, 0.1) is 34.2 Å². The molecule has 0 radical (unpaired) electrons. The van der Waals surface area contributed by atoms with Crippen molar-refractivity contribution in [3.8, 4) is 0 Å². The van der Waals surface area contributed by atoms with Gasteiger partial charge >= 0.3 is 12.4 Å². The zero-order valence-electron chi connectivity index (χ0n) is 28.7. The van der Waals surface area contributed by atoms with E-state index >= 15 is 0 Å². The lowest BCUT2D eigenvalue weighted by Crippen LogP contribution is -2.49. The van der Waals surface area contributed by atoms with Gasteiger partial charge in [-0.1, -0.05) is 70.0 Å². The maximum atomic E-state index is 14.0. The first-order valence-corrected chi connectivity index (χ1v) is 16.5. The van der Waals surface area contributed by atoms with Crippen LogP contribution in [-0.4, -0.2) is 41.2 Å². The Hall–Kier alpha value is -3.53. The molecule has 0 aromatic heterocycles. The van der Waals surface area contributed by atoms with Crippen LogP contribution in [0.4, 0.5) is 37.7 Å². The molecule has 0 unspecified atom stereocenters. The zero-order chi connectivity index (χ0) is 35.7. The lowest BCUT2D eigenvalue weighted by atomic mass is 9.91. The Morgan fingerprint density at radius 2 is 1.31 bits per heavy atom. The minimum absolute atomic E-state index is 0.0283. The lowest BCUT2D eigenvalue weighted by molar-refractivity contribution is -0.143. The molecule has 0 bridgehead atoms. The molecular formula is C37H43ClF6N4. The molecule has 4 rings (SSSR count). The van der Waals surface area contributed by atoms with E-state index in [1.807, 2.05) is 24.8 Å². The van der Waals surface area contributed by atoms with Crippen LogP contribution < -0.4 is 0 Å². The highest BCUT2D eigenvalue weighted by Gasteiger charge is 2.38. The molecule has 1 aliphatic rings. The number of hydrogen-bond donors (Lipinski definition) is 0. The summed E-state index contributed by atoms with van der Waals surface area (Å²) in [5, 5.41) is 0.265. The van der Waals surface area contributed by atoms with Crippen LogP contribution in [0.5, 0.6) is 0 Å². The number of hydrogen-bond acceptors (Lipinski definition) is 2. The number of benzene rings is 3. The molecule has 1 saturated heterocycles. The van der Waals surface area contributed by atoms with Crippen LogP contribution in [-0.2, 0) is 18.8 Å². The summed E-state index contributed by atoms with van der Waals surface area (Å²) in [6.07, 6.45) is -8.76. The van der Waals surface area contributed by atoms with Gasteiger partial charge in [0.1, 0.15) is 11.7 Å². The quantitative estimate of drug-likeness (QED) is 0.146. The molecule has 4 nitrogen and oxygen atoms in total. The third-order valence-corrected chi connectivity index (χ3v) is 8.86. The topological polar surface area (TPSA) is 31.2 Å². The molecule has 0 amide bonds. The highest BCUT2D eigenvalue weighted by atomic mass is 35.5. The van der Waals surface area contributed by atoms with Crippen LogP contribution in [0, 0.1) is 13.8 Å². The number of aryl methyl sites for hydroxylation is 3. The molecule has 0 atom stereocenters. The minimum atomic E-state index is -5.01. The van der Waals surface area contributed by atoms with E-state index in [4.69, 9.17) is 21.6 Å². The monoisotopic (exact) mass is 692 g/mol. The number of rotatable bonds is 6. The summed E-state index contributed by atoms with van der Waals surface area (Å²) in [7, 11) is 0. The van der Waals surface area contributed by atoms with Gasteiger partial charge < -0.3 is 9.80 Å². The van der Waals surface area contributed by atoms with E-state index in [9.17, 15) is 26.3 Å². The van der Waals surface area contributed by atoms with E-state index < -0.39 is 23.5 Å². The van der Waals surface area contributed by atoms with Crippen molar-refractivity contribution >= 4 is 34.6 Å². The van der Waals surface area contributed by atoms with Gasteiger partial charge in [-0.05, 0) is 92.0 Å². The SMILES string of the molecule is CCc1cc(C)c(N=C(c2cc(C(F)(F)F)cc(C(F)(F)F)c2)N2CCCN(C(C)=Nc3c(C(C)C)cc(C)cc3C(C)C)C2)c(Cl)c1. The van der Waals surface area contributed by atoms with Gasteiger partial charge in [-0.25, -0.2) is 9.98 Å². The van der Waals surface area contributed by atoms with Gasteiger partial charge in [0.15, 0.2) is 0 Å². The van der Waals surface area contributed by atoms with Gasteiger partial charge in [-0.2, -0.15) is 26.3 Å². The van der Waals surface area contributed by atoms with Crippen LogP contribution >= 0.6 is 11.6 Å². The predicted octanol–water partition coefficient (Wildman–Crippen LogP) is 11.6. The molecule has 11 heteroatoms. The van der Waals surface area contributed by atoms with Crippen LogP contribution in [0.15, 0.2) is 52.4 Å². The van der Waals surface area contributed by atoms with Crippen molar-refractivity contribution < 1.29 is 26.3 Å². The van der Waals surface area contributed by atoms with E-state index in [1.54, 1.807) is 17.9 Å². The van der Waals surface area contributed by atoms with Gasteiger partial charge in [0, 0.05) is 18.7 Å². The highest BCUT2D eigenvalue weighted by molar-refractivity contribution is 6.33. The van der Waals surface area contributed by atoms with Gasteiger partial charge in [-0.15, -0.1) is 0 Å². The Labute approximate surface area is 284 Å². The molecule has 3 aromatic carbocycles. The average molecular weight is 693 g/mol. The lowest BCUT2D eigenvalue weighted by Gasteiger charge is -2.39. The summed E-state index contributed by atoms with van der Waals surface area (Å²) in [5.74, 6) is 1.08. The minimum Gasteiger partial charge on any atom is -0.342 e. The highest BCUT2D eigenvalue weighted by Crippen LogP contribution is 2.39. The fraction of sp³-hybridized carbons (Fsp3) is 0.459. The number of halogens is 7.